The molecule has 5 nitrogen and oxygen atoms in total. The molecule has 1 saturated heterocycles. The van der Waals surface area contributed by atoms with Crippen molar-refractivity contribution in [3.63, 3.8) is 0 Å². The van der Waals surface area contributed by atoms with Crippen LogP contribution in [0.1, 0.15) is 31.9 Å². The third kappa shape index (κ3) is 5.34. The highest BCUT2D eigenvalue weighted by atomic mass is 35.5. The zero-order chi connectivity index (χ0) is 21.0. The quantitative estimate of drug-likeness (QED) is 0.521. The summed E-state index contributed by atoms with van der Waals surface area (Å²) in [7, 11) is 0. The van der Waals surface area contributed by atoms with Gasteiger partial charge in [-0.1, -0.05) is 29.8 Å². The van der Waals surface area contributed by atoms with Gasteiger partial charge in [-0.25, -0.2) is 0 Å². The fraction of sp³-hybridized carbons (Fsp3) is 0.273. The first-order chi connectivity index (χ1) is 13.9. The lowest BCUT2D eigenvalue weighted by atomic mass is 10.1. The molecule has 0 aliphatic carbocycles. The van der Waals surface area contributed by atoms with Crippen molar-refractivity contribution in [2.24, 2.45) is 0 Å². The number of hydrogen-bond acceptors (Lipinski definition) is 5. The molecule has 2 aromatic carbocycles. The fourth-order valence-electron chi connectivity index (χ4n) is 2.79. The minimum Gasteiger partial charge on any atom is -0.490 e. The number of carbonyl (C=O) groups is 2. The highest BCUT2D eigenvalue weighted by Gasteiger charge is 2.35. The van der Waals surface area contributed by atoms with E-state index in [0.717, 1.165) is 22.9 Å². The minimum atomic E-state index is -0.310. The highest BCUT2D eigenvalue weighted by molar-refractivity contribution is 8.18. The summed E-state index contributed by atoms with van der Waals surface area (Å²) in [6.07, 6.45) is 1.72. The molecule has 0 radical (unpaired) electrons. The molecule has 2 amide bonds. The van der Waals surface area contributed by atoms with Gasteiger partial charge in [-0.2, -0.15) is 0 Å². The van der Waals surface area contributed by atoms with Crippen molar-refractivity contribution in [3.05, 3.63) is 63.5 Å². The second kappa shape index (κ2) is 9.37. The third-order valence-corrected chi connectivity index (χ3v) is 5.21. The molecular weight excluding hydrogens is 410 g/mol. The first-order valence-corrected chi connectivity index (χ1v) is 10.5. The van der Waals surface area contributed by atoms with Crippen LogP contribution in [0.25, 0.3) is 6.08 Å². The maximum Gasteiger partial charge on any atom is 0.293 e. The molecule has 0 spiro atoms. The van der Waals surface area contributed by atoms with E-state index in [1.54, 1.807) is 30.3 Å². The van der Waals surface area contributed by atoms with E-state index in [-0.39, 0.29) is 23.8 Å². The number of benzene rings is 2. The van der Waals surface area contributed by atoms with Gasteiger partial charge in [0.1, 0.15) is 0 Å². The molecule has 0 saturated carbocycles. The molecule has 1 fully saturated rings. The lowest BCUT2D eigenvalue weighted by molar-refractivity contribution is -0.123. The summed E-state index contributed by atoms with van der Waals surface area (Å²) in [6, 6.07) is 12.6. The van der Waals surface area contributed by atoms with Gasteiger partial charge in [0.15, 0.2) is 11.5 Å². The molecule has 2 aromatic rings. The standard InChI is InChI=1S/C22H22ClNO4S/c1-4-27-19-11-16(7-10-18(19)28-14(2)3)12-20-21(25)24(22(26)29-20)13-15-5-8-17(23)9-6-15/h5-12,14H,4,13H2,1-3H3/b20-12-. The van der Waals surface area contributed by atoms with E-state index in [1.807, 2.05) is 39.0 Å². The lowest BCUT2D eigenvalue weighted by Gasteiger charge is -2.15. The number of ether oxygens (including phenoxy) is 2. The average Bonchev–Trinajstić information content (AvgIpc) is 2.93. The van der Waals surface area contributed by atoms with Gasteiger partial charge in [0, 0.05) is 5.02 Å². The topological polar surface area (TPSA) is 55.8 Å². The van der Waals surface area contributed by atoms with Crippen LogP contribution in [-0.2, 0) is 11.3 Å². The van der Waals surface area contributed by atoms with Crippen molar-refractivity contribution in [3.8, 4) is 11.5 Å². The van der Waals surface area contributed by atoms with Gasteiger partial charge in [-0.05, 0) is 74.0 Å². The Morgan fingerprint density at radius 3 is 2.48 bits per heavy atom. The molecule has 0 bridgehead atoms. The van der Waals surface area contributed by atoms with Gasteiger partial charge in [-0.15, -0.1) is 0 Å². The first kappa shape index (κ1) is 21.3. The van der Waals surface area contributed by atoms with E-state index >= 15 is 0 Å². The molecule has 0 aromatic heterocycles. The maximum atomic E-state index is 12.7. The van der Waals surface area contributed by atoms with Gasteiger partial charge >= 0.3 is 0 Å². The molecule has 1 heterocycles. The number of imide groups is 1. The Hall–Kier alpha value is -2.44. The summed E-state index contributed by atoms with van der Waals surface area (Å²) in [5.41, 5.74) is 1.60. The second-order valence-electron chi connectivity index (χ2n) is 6.70. The lowest BCUT2D eigenvalue weighted by Crippen LogP contribution is -2.27. The van der Waals surface area contributed by atoms with Gasteiger partial charge in [0.2, 0.25) is 0 Å². The molecule has 0 N–H and O–H groups in total. The summed E-state index contributed by atoms with van der Waals surface area (Å²) in [5.74, 6) is 0.945. The Kier molecular flexibility index (Phi) is 6.87. The zero-order valence-corrected chi connectivity index (χ0v) is 18.0. The zero-order valence-electron chi connectivity index (χ0n) is 16.5. The van der Waals surface area contributed by atoms with E-state index in [2.05, 4.69) is 0 Å². The smallest absolute Gasteiger partial charge is 0.293 e. The van der Waals surface area contributed by atoms with Crippen molar-refractivity contribution in [1.82, 2.24) is 4.90 Å². The van der Waals surface area contributed by atoms with Crippen LogP contribution >= 0.6 is 23.4 Å². The average molecular weight is 432 g/mol. The summed E-state index contributed by atoms with van der Waals surface area (Å²) in [5, 5.41) is 0.318. The Balaban J connectivity index is 1.81. The van der Waals surface area contributed by atoms with Crippen LogP contribution in [0.4, 0.5) is 4.79 Å². The van der Waals surface area contributed by atoms with Gasteiger partial charge < -0.3 is 9.47 Å². The number of nitrogens with zero attached hydrogens (tertiary/aromatic N) is 1. The van der Waals surface area contributed by atoms with Crippen LogP contribution in [-0.4, -0.2) is 28.8 Å². The maximum absolute atomic E-state index is 12.7. The third-order valence-electron chi connectivity index (χ3n) is 4.06. The van der Waals surface area contributed by atoms with E-state index < -0.39 is 0 Å². The molecule has 1 aliphatic heterocycles. The molecule has 29 heavy (non-hydrogen) atoms. The Morgan fingerprint density at radius 2 is 1.83 bits per heavy atom. The molecular formula is C22H22ClNO4S. The fourth-order valence-corrected chi connectivity index (χ4v) is 3.76. The molecule has 7 heteroatoms. The Bertz CT molecular complexity index is 940. The molecule has 1 aliphatic rings. The number of rotatable bonds is 7. The Labute approximate surface area is 179 Å². The van der Waals surface area contributed by atoms with Crippen molar-refractivity contribution in [1.29, 1.82) is 0 Å². The number of hydrogen-bond donors (Lipinski definition) is 0. The van der Waals surface area contributed by atoms with Gasteiger partial charge in [0.25, 0.3) is 11.1 Å². The summed E-state index contributed by atoms with van der Waals surface area (Å²) in [6.45, 7) is 6.49. The van der Waals surface area contributed by atoms with Crippen LogP contribution in [0.5, 0.6) is 11.5 Å². The highest BCUT2D eigenvalue weighted by Crippen LogP contribution is 2.35. The van der Waals surface area contributed by atoms with E-state index in [1.165, 1.54) is 4.90 Å². The second-order valence-corrected chi connectivity index (χ2v) is 8.13. The van der Waals surface area contributed by atoms with Crippen molar-refractivity contribution >= 4 is 40.6 Å². The van der Waals surface area contributed by atoms with Crippen molar-refractivity contribution in [2.75, 3.05) is 6.61 Å². The monoisotopic (exact) mass is 431 g/mol. The molecule has 152 valence electrons. The van der Waals surface area contributed by atoms with E-state index in [0.29, 0.717) is 28.0 Å². The van der Waals surface area contributed by atoms with Crippen molar-refractivity contribution in [2.45, 2.75) is 33.4 Å². The van der Waals surface area contributed by atoms with Crippen LogP contribution in [0.15, 0.2) is 47.4 Å². The van der Waals surface area contributed by atoms with Gasteiger partial charge in [-0.3, -0.25) is 14.5 Å². The van der Waals surface area contributed by atoms with E-state index in [9.17, 15) is 9.59 Å². The first-order valence-electron chi connectivity index (χ1n) is 9.30. The van der Waals surface area contributed by atoms with Crippen LogP contribution in [0.2, 0.25) is 5.02 Å². The largest absolute Gasteiger partial charge is 0.490 e. The molecule has 0 unspecified atom stereocenters. The minimum absolute atomic E-state index is 0.0180. The van der Waals surface area contributed by atoms with Crippen LogP contribution < -0.4 is 9.47 Å². The number of amides is 2. The number of thioether (sulfide) groups is 1. The summed E-state index contributed by atoms with van der Waals surface area (Å²) in [4.78, 5) is 26.7. The summed E-state index contributed by atoms with van der Waals surface area (Å²) < 4.78 is 11.4. The predicted octanol–water partition coefficient (Wildman–Crippen LogP) is 5.76. The molecule has 0 atom stereocenters. The van der Waals surface area contributed by atoms with Gasteiger partial charge in [0.05, 0.1) is 24.2 Å². The normalized spacial score (nSPS) is 15.5. The predicted molar refractivity (Wildman–Crippen MR) is 116 cm³/mol. The number of halogens is 1. The van der Waals surface area contributed by atoms with Crippen molar-refractivity contribution < 1.29 is 19.1 Å². The number of carbonyl (C=O) groups excluding carboxylic acids is 2. The molecule has 3 rings (SSSR count). The SMILES string of the molecule is CCOc1cc(/C=C2\SC(=O)N(Cc3ccc(Cl)cc3)C2=O)ccc1OC(C)C. The summed E-state index contributed by atoms with van der Waals surface area (Å²) >= 11 is 6.83. The van der Waals surface area contributed by atoms with E-state index in [4.69, 9.17) is 21.1 Å². The van der Waals surface area contributed by atoms with Crippen LogP contribution in [0.3, 0.4) is 0 Å². The van der Waals surface area contributed by atoms with Crippen LogP contribution in [0, 0.1) is 0 Å². The Morgan fingerprint density at radius 1 is 1.10 bits per heavy atom.